The molecule has 25 heavy (non-hydrogen) atoms. The summed E-state index contributed by atoms with van der Waals surface area (Å²) in [5.41, 5.74) is 8.05. The van der Waals surface area contributed by atoms with E-state index in [4.69, 9.17) is 22.1 Å². The number of nitrogen functional groups attached to an aromatic ring is 1. The Bertz CT molecular complexity index is 908. The second-order valence-corrected chi connectivity index (χ2v) is 6.50. The van der Waals surface area contributed by atoms with Gasteiger partial charge in [-0.15, -0.1) is 0 Å². The van der Waals surface area contributed by atoms with Crippen LogP contribution in [0.2, 0.25) is 5.15 Å². The fourth-order valence-electron chi connectivity index (χ4n) is 3.16. The summed E-state index contributed by atoms with van der Waals surface area (Å²) >= 11 is 6.23. The van der Waals surface area contributed by atoms with E-state index < -0.39 is 0 Å². The monoisotopic (exact) mass is 355 g/mol. The fraction of sp³-hybridized carbons (Fsp3) is 0.278. The van der Waals surface area contributed by atoms with Crippen molar-refractivity contribution in [2.75, 3.05) is 12.3 Å². The highest BCUT2D eigenvalue weighted by molar-refractivity contribution is 6.33. The van der Waals surface area contributed by atoms with Crippen LogP contribution in [0.25, 0.3) is 11.2 Å². The quantitative estimate of drug-likeness (QED) is 0.560. The molecule has 6 nitrogen and oxygen atoms in total. The van der Waals surface area contributed by atoms with Gasteiger partial charge in [0.05, 0.1) is 25.6 Å². The number of fused-ring (bicyclic) bond motifs is 1. The van der Waals surface area contributed by atoms with E-state index >= 15 is 0 Å². The first-order valence-corrected chi connectivity index (χ1v) is 8.54. The number of nitrogens with zero attached hydrogens (tertiary/aromatic N) is 4. The molecule has 2 N–H and O–H groups in total. The van der Waals surface area contributed by atoms with Crippen LogP contribution in [-0.2, 0) is 11.3 Å². The number of nitrogens with two attached hydrogens (primary N) is 1. The van der Waals surface area contributed by atoms with Crippen molar-refractivity contribution in [1.29, 1.82) is 0 Å². The first-order valence-electron chi connectivity index (χ1n) is 8.16. The van der Waals surface area contributed by atoms with Crippen LogP contribution in [0.3, 0.4) is 0 Å². The lowest BCUT2D eigenvalue weighted by atomic mass is 10.1. The molecule has 0 spiro atoms. The highest BCUT2D eigenvalue weighted by Gasteiger charge is 2.23. The number of anilines is 1. The molecule has 0 radical (unpaired) electrons. The third-order valence-corrected chi connectivity index (χ3v) is 4.62. The minimum Gasteiger partial charge on any atom is -0.376 e. The van der Waals surface area contributed by atoms with E-state index in [0.717, 1.165) is 11.9 Å². The molecule has 0 fully saturated rings. The number of aromatic nitrogens is 4. The fourth-order valence-corrected chi connectivity index (χ4v) is 3.42. The summed E-state index contributed by atoms with van der Waals surface area (Å²) in [5, 5.41) is 0.331. The number of allylic oxidation sites excluding steroid dienone is 1. The zero-order chi connectivity index (χ0) is 17.2. The molecule has 2 atom stereocenters. The van der Waals surface area contributed by atoms with Gasteiger partial charge in [-0.1, -0.05) is 54.1 Å². The first-order chi connectivity index (χ1) is 12.2. The predicted octanol–water partition coefficient (Wildman–Crippen LogP) is 3.40. The molecule has 0 saturated carbocycles. The molecule has 3 aromatic rings. The van der Waals surface area contributed by atoms with Crippen LogP contribution in [0.15, 0.2) is 48.8 Å². The van der Waals surface area contributed by atoms with E-state index in [2.05, 4.69) is 39.2 Å². The third kappa shape index (κ3) is 3.36. The molecule has 1 aliphatic carbocycles. The van der Waals surface area contributed by atoms with E-state index in [1.165, 1.54) is 5.56 Å². The van der Waals surface area contributed by atoms with Crippen molar-refractivity contribution in [2.24, 2.45) is 5.92 Å². The van der Waals surface area contributed by atoms with Crippen molar-refractivity contribution in [2.45, 2.75) is 19.1 Å². The normalized spacial score (nSPS) is 19.7. The Morgan fingerprint density at radius 2 is 2.04 bits per heavy atom. The zero-order valence-corrected chi connectivity index (χ0v) is 14.3. The van der Waals surface area contributed by atoms with Gasteiger partial charge in [0.25, 0.3) is 0 Å². The minimum absolute atomic E-state index is 0.136. The molecule has 0 unspecified atom stereocenters. The highest BCUT2D eigenvalue weighted by Crippen LogP contribution is 2.32. The van der Waals surface area contributed by atoms with Crippen LogP contribution in [0.5, 0.6) is 0 Å². The van der Waals surface area contributed by atoms with Gasteiger partial charge < -0.3 is 15.0 Å². The van der Waals surface area contributed by atoms with Crippen molar-refractivity contribution >= 4 is 28.7 Å². The second-order valence-electron chi connectivity index (χ2n) is 6.15. The third-order valence-electron chi connectivity index (χ3n) is 4.35. The number of rotatable bonds is 5. The number of ether oxygens (including phenoxy) is 1. The van der Waals surface area contributed by atoms with Gasteiger partial charge in [-0.05, 0) is 12.0 Å². The molecule has 2 heterocycles. The molecular formula is C18H18ClN5O. The summed E-state index contributed by atoms with van der Waals surface area (Å²) in [7, 11) is 0. The SMILES string of the molecule is Nc1nc(Cl)c2c(ncn2[C@@H]2C=C[C@H](COCc3ccccc3)C2)n1. The van der Waals surface area contributed by atoms with Crippen LogP contribution < -0.4 is 5.73 Å². The lowest BCUT2D eigenvalue weighted by Gasteiger charge is -2.15. The Hall–Kier alpha value is -2.44. The summed E-state index contributed by atoms with van der Waals surface area (Å²) in [4.78, 5) is 12.5. The smallest absolute Gasteiger partial charge is 0.223 e. The standard InChI is InChI=1S/C18H18ClN5O/c19-16-15-17(23-18(20)22-16)21-11-24(15)14-7-6-13(8-14)10-25-9-12-4-2-1-3-5-12/h1-7,11,13-14H,8-10H2,(H2,20,22,23)/t13-,14+/m0/s1. The van der Waals surface area contributed by atoms with Gasteiger partial charge in [0.15, 0.2) is 10.8 Å². The zero-order valence-electron chi connectivity index (χ0n) is 13.5. The van der Waals surface area contributed by atoms with E-state index in [1.807, 2.05) is 22.8 Å². The number of halogens is 1. The molecule has 1 aromatic carbocycles. The molecule has 7 heteroatoms. The van der Waals surface area contributed by atoms with Gasteiger partial charge >= 0.3 is 0 Å². The number of hydrogen-bond donors (Lipinski definition) is 1. The van der Waals surface area contributed by atoms with E-state index in [9.17, 15) is 0 Å². The summed E-state index contributed by atoms with van der Waals surface area (Å²) in [6, 6.07) is 10.4. The summed E-state index contributed by atoms with van der Waals surface area (Å²) in [6.45, 7) is 1.31. The van der Waals surface area contributed by atoms with Crippen LogP contribution in [-0.4, -0.2) is 26.1 Å². The van der Waals surface area contributed by atoms with Gasteiger partial charge in [-0.2, -0.15) is 9.97 Å². The van der Waals surface area contributed by atoms with Crippen LogP contribution in [0.1, 0.15) is 18.0 Å². The number of hydrogen-bond acceptors (Lipinski definition) is 5. The van der Waals surface area contributed by atoms with Crippen LogP contribution in [0, 0.1) is 5.92 Å². The highest BCUT2D eigenvalue weighted by atomic mass is 35.5. The minimum atomic E-state index is 0.136. The largest absolute Gasteiger partial charge is 0.376 e. The van der Waals surface area contributed by atoms with Crippen molar-refractivity contribution < 1.29 is 4.74 Å². The average molecular weight is 356 g/mol. The van der Waals surface area contributed by atoms with Crippen LogP contribution in [0.4, 0.5) is 5.95 Å². The average Bonchev–Trinajstić information content (AvgIpc) is 3.22. The van der Waals surface area contributed by atoms with E-state index in [1.54, 1.807) is 6.33 Å². The summed E-state index contributed by atoms with van der Waals surface area (Å²) in [6.07, 6.45) is 7.02. The Balaban J connectivity index is 1.41. The maximum Gasteiger partial charge on any atom is 0.223 e. The second kappa shape index (κ2) is 6.82. The predicted molar refractivity (Wildman–Crippen MR) is 97.1 cm³/mol. The molecule has 4 rings (SSSR count). The summed E-state index contributed by atoms with van der Waals surface area (Å²) in [5.74, 6) is 0.497. The van der Waals surface area contributed by atoms with Gasteiger partial charge in [-0.3, -0.25) is 0 Å². The number of benzene rings is 1. The van der Waals surface area contributed by atoms with Crippen molar-refractivity contribution in [1.82, 2.24) is 19.5 Å². The van der Waals surface area contributed by atoms with Gasteiger partial charge in [0.2, 0.25) is 5.95 Å². The molecule has 1 aliphatic rings. The Morgan fingerprint density at radius 1 is 1.20 bits per heavy atom. The van der Waals surface area contributed by atoms with E-state index in [0.29, 0.717) is 29.9 Å². The molecule has 0 bridgehead atoms. The Labute approximate surface area is 150 Å². The topological polar surface area (TPSA) is 78.8 Å². The van der Waals surface area contributed by atoms with Gasteiger partial charge in [-0.25, -0.2) is 4.98 Å². The first kappa shape index (κ1) is 16.1. The van der Waals surface area contributed by atoms with Crippen molar-refractivity contribution in [3.8, 4) is 0 Å². The Kier molecular flexibility index (Phi) is 4.38. The van der Waals surface area contributed by atoms with E-state index in [-0.39, 0.29) is 12.0 Å². The molecule has 0 aliphatic heterocycles. The number of imidazole rings is 1. The summed E-state index contributed by atoms with van der Waals surface area (Å²) < 4.78 is 7.86. The van der Waals surface area contributed by atoms with Crippen LogP contribution >= 0.6 is 11.6 Å². The van der Waals surface area contributed by atoms with Gasteiger partial charge in [0.1, 0.15) is 5.52 Å². The molecular weight excluding hydrogens is 338 g/mol. The molecule has 0 amide bonds. The molecule has 128 valence electrons. The van der Waals surface area contributed by atoms with Crippen molar-refractivity contribution in [3.05, 3.63) is 59.5 Å². The van der Waals surface area contributed by atoms with Crippen molar-refractivity contribution in [3.63, 3.8) is 0 Å². The Morgan fingerprint density at radius 3 is 2.88 bits per heavy atom. The molecule has 2 aromatic heterocycles. The maximum absolute atomic E-state index is 6.23. The molecule has 0 saturated heterocycles. The lowest BCUT2D eigenvalue weighted by molar-refractivity contribution is 0.0974. The lowest BCUT2D eigenvalue weighted by Crippen LogP contribution is -2.10. The van der Waals surface area contributed by atoms with Gasteiger partial charge in [0, 0.05) is 5.92 Å². The maximum atomic E-state index is 6.23.